The number of rotatable bonds is 7. The first-order chi connectivity index (χ1) is 13.4. The molecule has 9 heteroatoms. The van der Waals surface area contributed by atoms with Gasteiger partial charge in [0.05, 0.1) is 22.2 Å². The van der Waals surface area contributed by atoms with Crippen molar-refractivity contribution in [3.05, 3.63) is 61.2 Å². The first-order valence-corrected chi connectivity index (χ1v) is 9.16. The summed E-state index contributed by atoms with van der Waals surface area (Å²) in [5.41, 5.74) is 0.105. The quantitative estimate of drug-likeness (QED) is 0.204. The smallest absolute Gasteiger partial charge is 0.292 e. The summed E-state index contributed by atoms with van der Waals surface area (Å²) in [5, 5.41) is 22.9. The van der Waals surface area contributed by atoms with Gasteiger partial charge < -0.3 is 14.8 Å². The Morgan fingerprint density at radius 3 is 2.71 bits per heavy atom. The molecule has 2 rings (SSSR count). The molecule has 0 heterocycles. The van der Waals surface area contributed by atoms with Crippen molar-refractivity contribution in [3.63, 3.8) is 0 Å². The molecule has 0 bridgehead atoms. The van der Waals surface area contributed by atoms with Crippen LogP contribution in [0.2, 0.25) is 0 Å². The number of carbonyl (C=O) groups is 1. The number of nitrogens with one attached hydrogen (secondary N) is 1. The van der Waals surface area contributed by atoms with Gasteiger partial charge in [0.1, 0.15) is 17.3 Å². The number of amides is 1. The molecular formula is C19H16IN3O5. The van der Waals surface area contributed by atoms with E-state index in [9.17, 15) is 20.2 Å². The highest BCUT2D eigenvalue weighted by atomic mass is 127. The Kier molecular flexibility index (Phi) is 7.34. The highest BCUT2D eigenvalue weighted by Gasteiger charge is 2.18. The Morgan fingerprint density at radius 1 is 1.39 bits per heavy atom. The molecule has 0 radical (unpaired) electrons. The van der Waals surface area contributed by atoms with E-state index in [1.165, 1.54) is 31.4 Å². The topological polar surface area (TPSA) is 114 Å². The number of nitro groups is 1. The van der Waals surface area contributed by atoms with Gasteiger partial charge in [-0.25, -0.2) is 0 Å². The van der Waals surface area contributed by atoms with Gasteiger partial charge in [-0.2, -0.15) is 5.26 Å². The van der Waals surface area contributed by atoms with Crippen molar-refractivity contribution < 1.29 is 19.2 Å². The van der Waals surface area contributed by atoms with Gasteiger partial charge in [-0.1, -0.05) is 12.1 Å². The molecule has 1 amide bonds. The van der Waals surface area contributed by atoms with Gasteiger partial charge in [0, 0.05) is 6.07 Å². The summed E-state index contributed by atoms with van der Waals surface area (Å²) in [6.45, 7) is 2.25. The summed E-state index contributed by atoms with van der Waals surface area (Å²) >= 11 is 2.06. The van der Waals surface area contributed by atoms with E-state index in [4.69, 9.17) is 9.47 Å². The van der Waals surface area contributed by atoms with Crippen LogP contribution >= 0.6 is 22.6 Å². The maximum absolute atomic E-state index is 12.5. The van der Waals surface area contributed by atoms with Crippen LogP contribution in [0.3, 0.4) is 0 Å². The van der Waals surface area contributed by atoms with Crippen molar-refractivity contribution in [2.75, 3.05) is 19.0 Å². The van der Waals surface area contributed by atoms with Gasteiger partial charge in [0.2, 0.25) is 0 Å². The minimum atomic E-state index is -0.749. The van der Waals surface area contributed by atoms with Crippen molar-refractivity contribution in [1.29, 1.82) is 5.26 Å². The molecule has 0 aliphatic carbocycles. The van der Waals surface area contributed by atoms with Crippen LogP contribution in [0.4, 0.5) is 11.4 Å². The molecule has 0 unspecified atom stereocenters. The summed E-state index contributed by atoms with van der Waals surface area (Å²) in [4.78, 5) is 22.9. The molecule has 1 N–H and O–H groups in total. The van der Waals surface area contributed by atoms with Crippen LogP contribution in [-0.2, 0) is 4.79 Å². The largest absolute Gasteiger partial charge is 0.492 e. The Labute approximate surface area is 175 Å². The van der Waals surface area contributed by atoms with Crippen LogP contribution < -0.4 is 14.8 Å². The Bertz CT molecular complexity index is 982. The van der Waals surface area contributed by atoms with Crippen molar-refractivity contribution in [1.82, 2.24) is 0 Å². The first kappa shape index (κ1) is 21.2. The highest BCUT2D eigenvalue weighted by Crippen LogP contribution is 2.34. The molecule has 2 aromatic rings. The lowest BCUT2D eigenvalue weighted by molar-refractivity contribution is -0.383. The molecule has 2 aromatic carbocycles. The van der Waals surface area contributed by atoms with Gasteiger partial charge in [-0.3, -0.25) is 14.9 Å². The summed E-state index contributed by atoms with van der Waals surface area (Å²) in [7, 11) is 1.52. The zero-order valence-corrected chi connectivity index (χ0v) is 17.2. The van der Waals surface area contributed by atoms with E-state index in [0.29, 0.717) is 23.7 Å². The third-order valence-corrected chi connectivity index (χ3v) is 4.36. The fraction of sp³-hybridized carbons (Fsp3) is 0.158. The van der Waals surface area contributed by atoms with E-state index < -0.39 is 10.8 Å². The number of ether oxygens (including phenoxy) is 2. The maximum Gasteiger partial charge on any atom is 0.292 e. The molecule has 0 fully saturated rings. The third kappa shape index (κ3) is 4.98. The molecule has 0 atom stereocenters. The normalized spacial score (nSPS) is 10.7. The number of anilines is 1. The van der Waals surface area contributed by atoms with Gasteiger partial charge in [0.15, 0.2) is 11.5 Å². The first-order valence-electron chi connectivity index (χ1n) is 8.08. The van der Waals surface area contributed by atoms with E-state index in [1.807, 2.05) is 13.0 Å². The van der Waals surface area contributed by atoms with Crippen molar-refractivity contribution in [2.45, 2.75) is 6.92 Å². The number of carbonyl (C=O) groups excluding carboxylic acids is 1. The zero-order chi connectivity index (χ0) is 20.7. The van der Waals surface area contributed by atoms with E-state index in [0.717, 1.165) is 3.57 Å². The molecule has 0 aromatic heterocycles. The zero-order valence-electron chi connectivity index (χ0n) is 15.1. The molecule has 28 heavy (non-hydrogen) atoms. The molecular weight excluding hydrogens is 477 g/mol. The van der Waals surface area contributed by atoms with E-state index in [2.05, 4.69) is 27.9 Å². The summed E-state index contributed by atoms with van der Waals surface area (Å²) in [6.07, 6.45) is 1.38. The van der Waals surface area contributed by atoms with Crippen LogP contribution in [0.15, 0.2) is 42.0 Å². The third-order valence-electron chi connectivity index (χ3n) is 3.56. The maximum atomic E-state index is 12.5. The summed E-state index contributed by atoms with van der Waals surface area (Å²) in [5.74, 6) is 0.294. The highest BCUT2D eigenvalue weighted by molar-refractivity contribution is 14.1. The van der Waals surface area contributed by atoms with Crippen LogP contribution in [0, 0.1) is 25.0 Å². The van der Waals surface area contributed by atoms with Crippen LogP contribution in [-0.4, -0.2) is 24.5 Å². The van der Waals surface area contributed by atoms with Crippen LogP contribution in [0.1, 0.15) is 12.5 Å². The minimum Gasteiger partial charge on any atom is -0.492 e. The lowest BCUT2D eigenvalue weighted by atomic mass is 10.1. The van der Waals surface area contributed by atoms with Crippen molar-refractivity contribution >= 4 is 45.9 Å². The average molecular weight is 493 g/mol. The predicted molar refractivity (Wildman–Crippen MR) is 112 cm³/mol. The van der Waals surface area contributed by atoms with Crippen LogP contribution in [0.5, 0.6) is 11.5 Å². The molecule has 8 nitrogen and oxygen atoms in total. The number of hydrogen-bond acceptors (Lipinski definition) is 6. The number of para-hydroxylation sites is 2. The second-order valence-corrected chi connectivity index (χ2v) is 6.53. The molecule has 0 saturated heterocycles. The number of nitriles is 1. The van der Waals surface area contributed by atoms with E-state index >= 15 is 0 Å². The fourth-order valence-electron chi connectivity index (χ4n) is 2.38. The van der Waals surface area contributed by atoms with Crippen LogP contribution in [0.25, 0.3) is 6.08 Å². The number of nitro benzene ring substituents is 1. The predicted octanol–water partition coefficient (Wildman–Crippen LogP) is 4.15. The number of methoxy groups -OCH3 is 1. The molecule has 0 saturated carbocycles. The van der Waals surface area contributed by atoms with Gasteiger partial charge in [-0.15, -0.1) is 0 Å². The lowest BCUT2D eigenvalue weighted by Crippen LogP contribution is -2.14. The van der Waals surface area contributed by atoms with E-state index in [-0.39, 0.29) is 16.9 Å². The number of halogens is 1. The monoisotopic (exact) mass is 493 g/mol. The summed E-state index contributed by atoms with van der Waals surface area (Å²) in [6, 6.07) is 10.9. The second-order valence-electron chi connectivity index (χ2n) is 5.37. The number of benzene rings is 2. The second kappa shape index (κ2) is 9.70. The van der Waals surface area contributed by atoms with E-state index in [1.54, 1.807) is 18.2 Å². The molecule has 144 valence electrons. The van der Waals surface area contributed by atoms with Crippen molar-refractivity contribution in [3.8, 4) is 17.6 Å². The molecule has 0 aliphatic rings. The standard InChI is InChI=1S/C19H16IN3O5/c1-3-28-17-10-12(9-14(20)18(17)27-2)8-13(11-21)19(24)22-15-6-4-5-7-16(15)23(25)26/h4-10H,3H2,1-2H3,(H,22,24)/b13-8+. The van der Waals surface area contributed by atoms with Gasteiger partial charge in [0.25, 0.3) is 11.6 Å². The average Bonchev–Trinajstić information content (AvgIpc) is 2.66. The number of hydrogen-bond donors (Lipinski definition) is 1. The lowest BCUT2D eigenvalue weighted by Gasteiger charge is -2.12. The number of nitrogens with zero attached hydrogens (tertiary/aromatic N) is 2. The van der Waals surface area contributed by atoms with Gasteiger partial charge in [-0.05, 0) is 59.4 Å². The van der Waals surface area contributed by atoms with Gasteiger partial charge >= 0.3 is 0 Å². The SMILES string of the molecule is CCOc1cc(/C=C(\C#N)C(=O)Nc2ccccc2[N+](=O)[O-])cc(I)c1OC. The Morgan fingerprint density at radius 2 is 2.11 bits per heavy atom. The Hall–Kier alpha value is -3.13. The van der Waals surface area contributed by atoms with Crippen molar-refractivity contribution in [2.24, 2.45) is 0 Å². The Balaban J connectivity index is 2.38. The molecule has 0 spiro atoms. The fourth-order valence-corrected chi connectivity index (χ4v) is 3.22. The summed E-state index contributed by atoms with van der Waals surface area (Å²) < 4.78 is 11.6. The minimum absolute atomic E-state index is 0.0120. The molecule has 0 aliphatic heterocycles.